The average molecular weight is 91.1 g/mol. The normalized spacial score (nSPS) is 13.8. The molecule has 1 N–H and O–H groups in total. The molecular formula is C2H3O2S. The van der Waals surface area contributed by atoms with Crippen molar-refractivity contribution >= 4 is 11.1 Å². The van der Waals surface area contributed by atoms with Crippen LogP contribution in [0.25, 0.3) is 0 Å². The Balaban J connectivity index is 3.20. The van der Waals surface area contributed by atoms with E-state index < -0.39 is 11.1 Å². The molecule has 0 rings (SSSR count). The summed E-state index contributed by atoms with van der Waals surface area (Å²) in [6.45, 7) is 2.89. The standard InChI is InChI=1S/C2H3O2S/c1-2-5(3)4/h1H2,(H,3,4). The zero-order valence-electron chi connectivity index (χ0n) is 2.47. The van der Waals surface area contributed by atoms with Crippen LogP contribution in [0.4, 0.5) is 0 Å². The van der Waals surface area contributed by atoms with Gasteiger partial charge in [-0.1, -0.05) is 6.58 Å². The summed E-state index contributed by atoms with van der Waals surface area (Å²) >= 11 is -1.93. The van der Waals surface area contributed by atoms with E-state index in [2.05, 4.69) is 6.58 Å². The van der Waals surface area contributed by atoms with Crippen LogP contribution in [0.15, 0.2) is 6.58 Å². The molecule has 5 heavy (non-hydrogen) atoms. The van der Waals surface area contributed by atoms with Crippen LogP contribution in [0.3, 0.4) is 0 Å². The lowest BCUT2D eigenvalue weighted by Crippen LogP contribution is -1.72. The van der Waals surface area contributed by atoms with Gasteiger partial charge in [0.25, 0.3) is 0 Å². The second-order valence-corrected chi connectivity index (χ2v) is 1.18. The van der Waals surface area contributed by atoms with E-state index in [0.717, 1.165) is 0 Å². The zero-order chi connectivity index (χ0) is 4.28. The summed E-state index contributed by atoms with van der Waals surface area (Å²) in [4.78, 5) is 0. The van der Waals surface area contributed by atoms with Crippen molar-refractivity contribution in [3.8, 4) is 0 Å². The van der Waals surface area contributed by atoms with Crippen molar-refractivity contribution in [3.63, 3.8) is 0 Å². The van der Waals surface area contributed by atoms with E-state index in [4.69, 9.17) is 4.55 Å². The van der Waals surface area contributed by atoms with Crippen molar-refractivity contribution in [1.29, 1.82) is 0 Å². The van der Waals surface area contributed by atoms with E-state index in [1.807, 2.05) is 0 Å². The molecule has 0 spiro atoms. The maximum absolute atomic E-state index is 9.31. The molecule has 0 saturated heterocycles. The Hall–Kier alpha value is -0.150. The summed E-state index contributed by atoms with van der Waals surface area (Å²) in [5, 5.41) is 1.81. The first kappa shape index (κ1) is 4.85. The Kier molecular flexibility index (Phi) is 2.05. The molecule has 0 heterocycles. The predicted molar refractivity (Wildman–Crippen MR) is 19.6 cm³/mol. The Bertz CT molecular complexity index is 58.7. The quantitative estimate of drug-likeness (QED) is 0.466. The molecule has 2 nitrogen and oxygen atoms in total. The fraction of sp³-hybridized carbons (Fsp3) is 0. The highest BCUT2D eigenvalue weighted by Gasteiger charge is 1.70. The molecule has 0 bridgehead atoms. The van der Waals surface area contributed by atoms with Crippen LogP contribution < -0.4 is 0 Å². The fourth-order valence-electron chi connectivity index (χ4n) is 0. The molecule has 0 aliphatic carbocycles. The van der Waals surface area contributed by atoms with Crippen LogP contribution in [0.1, 0.15) is 0 Å². The molecule has 0 aromatic carbocycles. The highest BCUT2D eigenvalue weighted by atomic mass is 32.2. The van der Waals surface area contributed by atoms with Gasteiger partial charge in [0.2, 0.25) is 0 Å². The molecule has 1 radical (unpaired) electrons. The van der Waals surface area contributed by atoms with Crippen molar-refractivity contribution in [2.24, 2.45) is 0 Å². The third kappa shape index (κ3) is 3.85. The van der Waals surface area contributed by atoms with E-state index in [1.54, 1.807) is 5.41 Å². The van der Waals surface area contributed by atoms with Crippen molar-refractivity contribution in [3.05, 3.63) is 12.0 Å². The van der Waals surface area contributed by atoms with Gasteiger partial charge in [0.1, 0.15) is 0 Å². The number of rotatable bonds is 1. The second-order valence-electron chi connectivity index (χ2n) is 0.393. The minimum absolute atomic E-state index is 1.81. The van der Waals surface area contributed by atoms with Gasteiger partial charge in [-0.3, -0.25) is 0 Å². The van der Waals surface area contributed by atoms with Crippen LogP contribution in [-0.2, 0) is 11.1 Å². The van der Waals surface area contributed by atoms with E-state index >= 15 is 0 Å². The van der Waals surface area contributed by atoms with Gasteiger partial charge in [0.05, 0.1) is 5.41 Å². The lowest BCUT2D eigenvalue weighted by molar-refractivity contribution is 0.573. The van der Waals surface area contributed by atoms with Crippen molar-refractivity contribution in [1.82, 2.24) is 0 Å². The van der Waals surface area contributed by atoms with Crippen LogP contribution >= 0.6 is 0 Å². The van der Waals surface area contributed by atoms with E-state index in [-0.39, 0.29) is 0 Å². The number of hydrogen-bond acceptors (Lipinski definition) is 1. The largest absolute Gasteiger partial charge is 0.302 e. The molecule has 1 unspecified atom stereocenters. The average Bonchev–Trinajstić information content (AvgIpc) is 1.38. The second kappa shape index (κ2) is 2.11. The molecule has 3 heteroatoms. The highest BCUT2D eigenvalue weighted by molar-refractivity contribution is 7.80. The summed E-state index contributed by atoms with van der Waals surface area (Å²) in [6.07, 6.45) is 0. The van der Waals surface area contributed by atoms with Gasteiger partial charge in [-0.2, -0.15) is 0 Å². The summed E-state index contributed by atoms with van der Waals surface area (Å²) in [6, 6.07) is 0. The summed E-state index contributed by atoms with van der Waals surface area (Å²) in [5.74, 6) is 0. The van der Waals surface area contributed by atoms with Crippen LogP contribution in [-0.4, -0.2) is 8.76 Å². The molecule has 0 aromatic rings. The Morgan fingerprint density at radius 2 is 2.20 bits per heavy atom. The molecule has 0 aliphatic rings. The van der Waals surface area contributed by atoms with Crippen LogP contribution in [0.2, 0.25) is 0 Å². The Morgan fingerprint density at radius 3 is 2.20 bits per heavy atom. The van der Waals surface area contributed by atoms with Gasteiger partial charge in [0.15, 0.2) is 11.1 Å². The van der Waals surface area contributed by atoms with Crippen molar-refractivity contribution in [2.75, 3.05) is 0 Å². The highest BCUT2D eigenvalue weighted by Crippen LogP contribution is 1.62. The van der Waals surface area contributed by atoms with Gasteiger partial charge in [0, 0.05) is 0 Å². The zero-order valence-corrected chi connectivity index (χ0v) is 3.29. The molecule has 0 fully saturated rings. The lowest BCUT2D eigenvalue weighted by Gasteiger charge is -1.63. The van der Waals surface area contributed by atoms with Crippen LogP contribution in [0, 0.1) is 5.41 Å². The monoisotopic (exact) mass is 91.0 g/mol. The third-order valence-corrected chi connectivity index (χ3v) is 0.370. The molecule has 1 atom stereocenters. The molecule has 29 valence electrons. The summed E-state index contributed by atoms with van der Waals surface area (Å²) in [5.41, 5.74) is 0. The summed E-state index contributed by atoms with van der Waals surface area (Å²) < 4.78 is 17.0. The van der Waals surface area contributed by atoms with Crippen molar-refractivity contribution in [2.45, 2.75) is 0 Å². The molecule has 0 amide bonds. The minimum atomic E-state index is -1.93. The van der Waals surface area contributed by atoms with Gasteiger partial charge in [-0.15, -0.1) is 0 Å². The first-order valence-corrected chi connectivity index (χ1v) is 2.01. The smallest absolute Gasteiger partial charge is 0.187 e. The van der Waals surface area contributed by atoms with E-state index in [0.29, 0.717) is 0 Å². The van der Waals surface area contributed by atoms with Gasteiger partial charge in [-0.25, -0.2) is 4.21 Å². The van der Waals surface area contributed by atoms with Gasteiger partial charge in [-0.05, 0) is 0 Å². The topological polar surface area (TPSA) is 37.3 Å². The van der Waals surface area contributed by atoms with E-state index in [9.17, 15) is 4.21 Å². The first-order chi connectivity index (χ1) is 2.27. The van der Waals surface area contributed by atoms with Crippen LogP contribution in [0.5, 0.6) is 0 Å². The molecular weight excluding hydrogens is 88.1 g/mol. The Labute approximate surface area is 32.8 Å². The van der Waals surface area contributed by atoms with E-state index in [1.165, 1.54) is 0 Å². The van der Waals surface area contributed by atoms with Gasteiger partial charge < -0.3 is 4.55 Å². The Morgan fingerprint density at radius 1 is 2.00 bits per heavy atom. The first-order valence-electron chi connectivity index (χ1n) is 0.907. The maximum Gasteiger partial charge on any atom is 0.187 e. The third-order valence-electron chi connectivity index (χ3n) is 0.123. The molecule has 0 saturated carbocycles. The molecule has 0 aliphatic heterocycles. The van der Waals surface area contributed by atoms with Crippen molar-refractivity contribution < 1.29 is 8.76 Å². The van der Waals surface area contributed by atoms with Gasteiger partial charge >= 0.3 is 0 Å². The lowest BCUT2D eigenvalue weighted by atomic mass is 11.3. The fourth-order valence-corrected chi connectivity index (χ4v) is 0. The number of hydrogen-bond donors (Lipinski definition) is 1. The molecule has 0 aromatic heterocycles. The SMILES string of the molecule is C=[C]S(=O)O. The maximum atomic E-state index is 9.31. The summed E-state index contributed by atoms with van der Waals surface area (Å²) in [7, 11) is 0. The minimum Gasteiger partial charge on any atom is -0.302 e. The predicted octanol–water partition coefficient (Wildman–Crippen LogP) is 0.155.